The first-order chi connectivity index (χ1) is 9.61. The second kappa shape index (κ2) is 5.52. The number of halogens is 1. The number of aromatic nitrogens is 3. The van der Waals surface area contributed by atoms with Crippen LogP contribution in [0.25, 0.3) is 11.0 Å². The summed E-state index contributed by atoms with van der Waals surface area (Å²) in [4.78, 5) is 15.7. The normalized spacial score (nSPS) is 11.6. The van der Waals surface area contributed by atoms with Crippen LogP contribution in [-0.2, 0) is 13.1 Å². The molecule has 0 saturated heterocycles. The molecule has 2 aromatic heterocycles. The molecule has 0 unspecified atom stereocenters. The Hall–Kier alpha value is -1.43. The van der Waals surface area contributed by atoms with Crippen molar-refractivity contribution < 1.29 is 0 Å². The minimum absolute atomic E-state index is 0.723. The summed E-state index contributed by atoms with van der Waals surface area (Å²) < 4.78 is 0. The fourth-order valence-electron chi connectivity index (χ4n) is 2.14. The van der Waals surface area contributed by atoms with Gasteiger partial charge in [0, 0.05) is 16.4 Å². The lowest BCUT2D eigenvalue weighted by molar-refractivity contribution is 0.314. The molecule has 3 aromatic rings. The van der Waals surface area contributed by atoms with Crippen LogP contribution in [0.1, 0.15) is 16.4 Å². The Morgan fingerprint density at radius 3 is 2.95 bits per heavy atom. The van der Waals surface area contributed by atoms with Crippen molar-refractivity contribution in [3.05, 3.63) is 45.1 Å². The number of hydrogen-bond acceptors (Lipinski definition) is 4. The van der Waals surface area contributed by atoms with E-state index in [-0.39, 0.29) is 0 Å². The molecule has 3 rings (SSSR count). The third-order valence-corrected chi connectivity index (χ3v) is 4.33. The first-order valence-electron chi connectivity index (χ1n) is 6.33. The molecule has 0 radical (unpaired) electrons. The maximum absolute atomic E-state index is 5.98. The van der Waals surface area contributed by atoms with E-state index in [1.807, 2.05) is 30.6 Å². The second-order valence-electron chi connectivity index (χ2n) is 4.88. The number of nitrogens with one attached hydrogen (secondary N) is 1. The number of H-pyrrole nitrogens is 1. The standard InChI is InChI=1S/C14H15ClN4S/c1-9-13(20-8-16-9)6-19(2)7-14-17-11-4-3-10(15)5-12(11)18-14/h3-5,8H,6-7H2,1-2H3,(H,17,18). The summed E-state index contributed by atoms with van der Waals surface area (Å²) in [6, 6.07) is 5.70. The Morgan fingerprint density at radius 2 is 2.20 bits per heavy atom. The number of aryl methyl sites for hydroxylation is 1. The highest BCUT2D eigenvalue weighted by atomic mass is 35.5. The van der Waals surface area contributed by atoms with Crippen molar-refractivity contribution in [3.63, 3.8) is 0 Å². The number of rotatable bonds is 4. The number of thiazole rings is 1. The molecular formula is C14H15ClN4S. The Balaban J connectivity index is 1.74. The maximum Gasteiger partial charge on any atom is 0.121 e. The first-order valence-corrected chi connectivity index (χ1v) is 7.59. The summed E-state index contributed by atoms with van der Waals surface area (Å²) in [6.45, 7) is 3.70. The molecule has 0 aliphatic carbocycles. The van der Waals surface area contributed by atoms with Gasteiger partial charge in [-0.3, -0.25) is 4.90 Å². The van der Waals surface area contributed by atoms with Gasteiger partial charge in [-0.05, 0) is 32.2 Å². The largest absolute Gasteiger partial charge is 0.341 e. The van der Waals surface area contributed by atoms with Gasteiger partial charge in [-0.1, -0.05) is 11.6 Å². The SMILES string of the molecule is Cc1ncsc1CN(C)Cc1nc2ccc(Cl)cc2[nH]1. The predicted octanol–water partition coefficient (Wildman–Crippen LogP) is 3.61. The summed E-state index contributed by atoms with van der Waals surface area (Å²) in [7, 11) is 2.08. The van der Waals surface area contributed by atoms with Gasteiger partial charge in [0.15, 0.2) is 0 Å². The maximum atomic E-state index is 5.98. The van der Waals surface area contributed by atoms with E-state index in [0.29, 0.717) is 0 Å². The molecule has 0 bridgehead atoms. The molecule has 1 N–H and O–H groups in total. The van der Waals surface area contributed by atoms with E-state index < -0.39 is 0 Å². The van der Waals surface area contributed by atoms with Gasteiger partial charge in [-0.25, -0.2) is 9.97 Å². The number of nitrogens with zero attached hydrogens (tertiary/aromatic N) is 3. The van der Waals surface area contributed by atoms with Gasteiger partial charge in [0.25, 0.3) is 0 Å². The van der Waals surface area contributed by atoms with E-state index in [4.69, 9.17) is 11.6 Å². The van der Waals surface area contributed by atoms with Crippen LogP contribution in [-0.4, -0.2) is 26.9 Å². The predicted molar refractivity (Wildman–Crippen MR) is 83.1 cm³/mol. The van der Waals surface area contributed by atoms with Crippen LogP contribution in [0.4, 0.5) is 0 Å². The summed E-state index contributed by atoms with van der Waals surface area (Å²) in [5.41, 5.74) is 4.93. The molecule has 6 heteroatoms. The molecule has 0 aliphatic heterocycles. The molecule has 104 valence electrons. The summed E-state index contributed by atoms with van der Waals surface area (Å²) in [5, 5.41) is 0.723. The third-order valence-electron chi connectivity index (χ3n) is 3.17. The van der Waals surface area contributed by atoms with Crippen molar-refractivity contribution >= 4 is 34.0 Å². The van der Waals surface area contributed by atoms with Gasteiger partial charge in [-0.15, -0.1) is 11.3 Å². The highest BCUT2D eigenvalue weighted by Crippen LogP contribution is 2.19. The van der Waals surface area contributed by atoms with E-state index in [1.165, 1.54) is 4.88 Å². The minimum atomic E-state index is 0.723. The molecule has 0 atom stereocenters. The second-order valence-corrected chi connectivity index (χ2v) is 6.25. The van der Waals surface area contributed by atoms with Crippen molar-refractivity contribution in [2.75, 3.05) is 7.05 Å². The van der Waals surface area contributed by atoms with Gasteiger partial charge >= 0.3 is 0 Å². The lowest BCUT2D eigenvalue weighted by Gasteiger charge is -2.13. The summed E-state index contributed by atoms with van der Waals surface area (Å²) in [6.07, 6.45) is 0. The van der Waals surface area contributed by atoms with Gasteiger partial charge in [0.05, 0.1) is 28.8 Å². The van der Waals surface area contributed by atoms with Gasteiger partial charge in [0.2, 0.25) is 0 Å². The molecular weight excluding hydrogens is 292 g/mol. The smallest absolute Gasteiger partial charge is 0.121 e. The van der Waals surface area contributed by atoms with Crippen LogP contribution in [0.5, 0.6) is 0 Å². The van der Waals surface area contributed by atoms with Crippen LogP contribution in [0.3, 0.4) is 0 Å². The topological polar surface area (TPSA) is 44.8 Å². The highest BCUT2D eigenvalue weighted by Gasteiger charge is 2.09. The van der Waals surface area contributed by atoms with E-state index in [1.54, 1.807) is 11.3 Å². The van der Waals surface area contributed by atoms with Crippen molar-refractivity contribution in [1.82, 2.24) is 19.9 Å². The fraction of sp³-hybridized carbons (Fsp3) is 0.286. The van der Waals surface area contributed by atoms with Crippen LogP contribution < -0.4 is 0 Å². The zero-order valence-corrected chi connectivity index (χ0v) is 12.9. The molecule has 4 nitrogen and oxygen atoms in total. The zero-order valence-electron chi connectivity index (χ0n) is 11.4. The number of hydrogen-bond donors (Lipinski definition) is 1. The van der Waals surface area contributed by atoms with Crippen molar-refractivity contribution in [3.8, 4) is 0 Å². The number of imidazole rings is 1. The van der Waals surface area contributed by atoms with Crippen LogP contribution >= 0.6 is 22.9 Å². The van der Waals surface area contributed by atoms with Crippen LogP contribution in [0.15, 0.2) is 23.7 Å². The van der Waals surface area contributed by atoms with Crippen LogP contribution in [0.2, 0.25) is 5.02 Å². The van der Waals surface area contributed by atoms with Gasteiger partial charge in [0.1, 0.15) is 5.82 Å². The lowest BCUT2D eigenvalue weighted by atomic mass is 10.3. The molecule has 0 amide bonds. The number of fused-ring (bicyclic) bond motifs is 1. The zero-order chi connectivity index (χ0) is 14.1. The van der Waals surface area contributed by atoms with E-state index in [9.17, 15) is 0 Å². The Morgan fingerprint density at radius 1 is 1.35 bits per heavy atom. The first kappa shape index (κ1) is 13.5. The van der Waals surface area contributed by atoms with Gasteiger partial charge < -0.3 is 4.98 Å². The van der Waals surface area contributed by atoms with Crippen LogP contribution in [0, 0.1) is 6.92 Å². The Bertz CT molecular complexity index is 734. The lowest BCUT2D eigenvalue weighted by Crippen LogP contribution is -2.17. The average Bonchev–Trinajstić information content (AvgIpc) is 2.95. The number of benzene rings is 1. The highest BCUT2D eigenvalue weighted by molar-refractivity contribution is 7.09. The Kier molecular flexibility index (Phi) is 3.74. The molecule has 2 heterocycles. The third kappa shape index (κ3) is 2.85. The summed E-state index contributed by atoms with van der Waals surface area (Å²) >= 11 is 7.68. The fourth-order valence-corrected chi connectivity index (χ4v) is 3.17. The molecule has 20 heavy (non-hydrogen) atoms. The molecule has 0 aliphatic rings. The van der Waals surface area contributed by atoms with Crippen molar-refractivity contribution in [2.45, 2.75) is 20.0 Å². The van der Waals surface area contributed by atoms with Gasteiger partial charge in [-0.2, -0.15) is 0 Å². The molecule has 0 spiro atoms. The van der Waals surface area contributed by atoms with E-state index >= 15 is 0 Å². The molecule has 1 aromatic carbocycles. The minimum Gasteiger partial charge on any atom is -0.341 e. The van der Waals surface area contributed by atoms with E-state index in [2.05, 4.69) is 26.9 Å². The number of aromatic amines is 1. The summed E-state index contributed by atoms with van der Waals surface area (Å²) in [5.74, 6) is 0.951. The van der Waals surface area contributed by atoms with E-state index in [0.717, 1.165) is 40.7 Å². The van der Waals surface area contributed by atoms with Crippen molar-refractivity contribution in [1.29, 1.82) is 0 Å². The monoisotopic (exact) mass is 306 g/mol. The molecule has 0 fully saturated rings. The van der Waals surface area contributed by atoms with Crippen molar-refractivity contribution in [2.24, 2.45) is 0 Å². The molecule has 0 saturated carbocycles. The quantitative estimate of drug-likeness (QED) is 0.801. The Labute approximate surface area is 126 Å². The average molecular weight is 307 g/mol.